The molecule has 0 saturated heterocycles. The Kier molecular flexibility index (Phi) is 1.92. The lowest BCUT2D eigenvalue weighted by atomic mass is 9.62. The molecule has 84 valence electrons. The van der Waals surface area contributed by atoms with Crippen LogP contribution in [0.25, 0.3) is 0 Å². The lowest BCUT2D eigenvalue weighted by Gasteiger charge is -2.43. The van der Waals surface area contributed by atoms with Gasteiger partial charge in [-0.1, -0.05) is 32.9 Å². The van der Waals surface area contributed by atoms with E-state index in [0.717, 1.165) is 29.6 Å². The van der Waals surface area contributed by atoms with Gasteiger partial charge in [0.2, 0.25) is 0 Å². The van der Waals surface area contributed by atoms with E-state index in [1.54, 1.807) is 5.57 Å². The summed E-state index contributed by atoms with van der Waals surface area (Å²) in [7, 11) is 0. The third kappa shape index (κ3) is 1.04. The van der Waals surface area contributed by atoms with Gasteiger partial charge >= 0.3 is 0 Å². The molecule has 4 bridgehead atoms. The zero-order chi connectivity index (χ0) is 10.8. The van der Waals surface area contributed by atoms with Gasteiger partial charge in [-0.05, 0) is 60.7 Å². The Balaban J connectivity index is 2.00. The largest absolute Gasteiger partial charge is 0.0990 e. The predicted molar refractivity (Wildman–Crippen MR) is 64.5 cm³/mol. The first-order valence-electron chi connectivity index (χ1n) is 6.75. The monoisotopic (exact) mass is 204 g/mol. The van der Waals surface area contributed by atoms with E-state index in [9.17, 15) is 0 Å². The molecule has 0 aromatic carbocycles. The van der Waals surface area contributed by atoms with Crippen molar-refractivity contribution in [2.24, 2.45) is 35.0 Å². The van der Waals surface area contributed by atoms with Gasteiger partial charge in [0.05, 0.1) is 0 Å². The normalized spacial score (nSPS) is 52.9. The van der Waals surface area contributed by atoms with Crippen LogP contribution in [-0.4, -0.2) is 0 Å². The van der Waals surface area contributed by atoms with Crippen LogP contribution in [0.1, 0.15) is 46.5 Å². The first-order valence-corrected chi connectivity index (χ1v) is 6.75. The van der Waals surface area contributed by atoms with E-state index in [2.05, 4.69) is 27.4 Å². The van der Waals surface area contributed by atoms with E-state index >= 15 is 0 Å². The summed E-state index contributed by atoms with van der Waals surface area (Å²) in [4.78, 5) is 0. The van der Waals surface area contributed by atoms with E-state index < -0.39 is 0 Å². The van der Waals surface area contributed by atoms with Crippen molar-refractivity contribution in [3.63, 3.8) is 0 Å². The van der Waals surface area contributed by atoms with Gasteiger partial charge in [0, 0.05) is 0 Å². The van der Waals surface area contributed by atoms with Gasteiger partial charge in [-0.15, -0.1) is 0 Å². The fourth-order valence-corrected chi connectivity index (χ4v) is 5.22. The molecule has 0 spiro atoms. The minimum absolute atomic E-state index is 0.541. The van der Waals surface area contributed by atoms with Crippen molar-refractivity contribution in [1.82, 2.24) is 0 Å². The molecule has 3 aliphatic rings. The minimum atomic E-state index is 0.541. The van der Waals surface area contributed by atoms with Crippen LogP contribution in [0, 0.1) is 35.0 Å². The molecule has 4 unspecified atom stereocenters. The fourth-order valence-electron chi connectivity index (χ4n) is 5.22. The number of allylic oxidation sites excluding steroid dienone is 1. The van der Waals surface area contributed by atoms with E-state index in [0.29, 0.717) is 5.41 Å². The highest BCUT2D eigenvalue weighted by Crippen LogP contribution is 2.69. The molecule has 3 saturated carbocycles. The summed E-state index contributed by atoms with van der Waals surface area (Å²) in [6, 6.07) is 0. The molecule has 0 radical (unpaired) electrons. The molecule has 3 aliphatic carbocycles. The Morgan fingerprint density at radius 1 is 1.27 bits per heavy atom. The van der Waals surface area contributed by atoms with Gasteiger partial charge in [-0.2, -0.15) is 0 Å². The Morgan fingerprint density at radius 3 is 2.67 bits per heavy atom. The number of rotatable bonds is 1. The molecule has 5 atom stereocenters. The van der Waals surface area contributed by atoms with E-state index in [-0.39, 0.29) is 0 Å². The average Bonchev–Trinajstić information content (AvgIpc) is 2.65. The zero-order valence-electron chi connectivity index (χ0n) is 10.4. The Bertz CT molecular complexity index is 301. The molecule has 0 N–H and O–H groups in total. The first kappa shape index (κ1) is 9.93. The predicted octanol–water partition coefficient (Wildman–Crippen LogP) is 4.27. The maximum absolute atomic E-state index is 4.45. The van der Waals surface area contributed by atoms with Crippen LogP contribution in [-0.2, 0) is 0 Å². The summed E-state index contributed by atoms with van der Waals surface area (Å²) >= 11 is 0. The van der Waals surface area contributed by atoms with Gasteiger partial charge in [-0.3, -0.25) is 0 Å². The van der Waals surface area contributed by atoms with Crippen LogP contribution >= 0.6 is 0 Å². The molecular formula is C15H24. The van der Waals surface area contributed by atoms with Gasteiger partial charge in [0.15, 0.2) is 0 Å². The van der Waals surface area contributed by atoms with Crippen molar-refractivity contribution in [2.75, 3.05) is 0 Å². The number of hydrogen-bond donors (Lipinski definition) is 0. The van der Waals surface area contributed by atoms with E-state index in [1.165, 1.54) is 25.7 Å². The van der Waals surface area contributed by atoms with Crippen molar-refractivity contribution in [2.45, 2.75) is 46.5 Å². The summed E-state index contributed by atoms with van der Waals surface area (Å²) < 4.78 is 0. The van der Waals surface area contributed by atoms with E-state index in [1.807, 2.05) is 0 Å². The summed E-state index contributed by atoms with van der Waals surface area (Å²) in [6.07, 6.45) is 5.83. The molecule has 3 rings (SSSR count). The van der Waals surface area contributed by atoms with Crippen LogP contribution in [0.4, 0.5) is 0 Å². The highest BCUT2D eigenvalue weighted by atomic mass is 14.7. The minimum Gasteiger partial charge on any atom is -0.0990 e. The second-order valence-corrected chi connectivity index (χ2v) is 6.76. The third-order valence-corrected chi connectivity index (χ3v) is 6.07. The lowest BCUT2D eigenvalue weighted by Crippen LogP contribution is -2.35. The summed E-state index contributed by atoms with van der Waals surface area (Å²) in [5.74, 6) is 4.78. The van der Waals surface area contributed by atoms with Crippen LogP contribution in [0.5, 0.6) is 0 Å². The van der Waals surface area contributed by atoms with Crippen molar-refractivity contribution < 1.29 is 0 Å². The van der Waals surface area contributed by atoms with Crippen LogP contribution in [0.3, 0.4) is 0 Å². The molecule has 0 heteroatoms. The molecule has 15 heavy (non-hydrogen) atoms. The fraction of sp³-hybridized carbons (Fsp3) is 0.867. The third-order valence-electron chi connectivity index (χ3n) is 6.07. The van der Waals surface area contributed by atoms with Gasteiger partial charge in [0.1, 0.15) is 0 Å². The second-order valence-electron chi connectivity index (χ2n) is 6.76. The Hall–Kier alpha value is -0.260. The Labute approximate surface area is 94.1 Å². The summed E-state index contributed by atoms with van der Waals surface area (Å²) in [5, 5.41) is 0. The highest BCUT2D eigenvalue weighted by Gasteiger charge is 2.61. The summed E-state index contributed by atoms with van der Waals surface area (Å²) in [6.45, 7) is 11.8. The van der Waals surface area contributed by atoms with Crippen molar-refractivity contribution in [3.05, 3.63) is 12.2 Å². The molecular weight excluding hydrogens is 180 g/mol. The summed E-state index contributed by atoms with van der Waals surface area (Å²) in [5.41, 5.74) is 2.17. The Morgan fingerprint density at radius 2 is 2.00 bits per heavy atom. The van der Waals surface area contributed by atoms with E-state index in [4.69, 9.17) is 0 Å². The highest BCUT2D eigenvalue weighted by molar-refractivity contribution is 5.29. The lowest BCUT2D eigenvalue weighted by molar-refractivity contribution is 0.0780. The van der Waals surface area contributed by atoms with Crippen molar-refractivity contribution >= 4 is 0 Å². The van der Waals surface area contributed by atoms with Gasteiger partial charge < -0.3 is 0 Å². The maximum Gasteiger partial charge on any atom is -0.00849 e. The molecule has 0 aliphatic heterocycles. The molecule has 0 aromatic rings. The number of hydrogen-bond acceptors (Lipinski definition) is 0. The maximum atomic E-state index is 4.45. The van der Waals surface area contributed by atoms with Crippen LogP contribution in [0.2, 0.25) is 0 Å². The van der Waals surface area contributed by atoms with Crippen molar-refractivity contribution in [1.29, 1.82) is 0 Å². The van der Waals surface area contributed by atoms with Gasteiger partial charge in [-0.25, -0.2) is 0 Å². The molecule has 0 nitrogen and oxygen atoms in total. The quantitative estimate of drug-likeness (QED) is 0.559. The smallest absolute Gasteiger partial charge is 0.00849 e. The second kappa shape index (κ2) is 2.90. The van der Waals surface area contributed by atoms with Crippen LogP contribution in [0.15, 0.2) is 12.2 Å². The van der Waals surface area contributed by atoms with Gasteiger partial charge in [0.25, 0.3) is 0 Å². The molecule has 0 aromatic heterocycles. The molecule has 3 fully saturated rings. The SMILES string of the molecule is C=C1C2CCC3C2C(C(C)C)CC[C@]13C. The molecule has 0 heterocycles. The zero-order valence-corrected chi connectivity index (χ0v) is 10.4. The van der Waals surface area contributed by atoms with Crippen molar-refractivity contribution in [3.8, 4) is 0 Å². The van der Waals surface area contributed by atoms with Crippen LogP contribution < -0.4 is 0 Å². The topological polar surface area (TPSA) is 0 Å². The standard InChI is InChI=1S/C15H24/c1-9(2)11-7-8-15(4)10(3)12-5-6-13(15)14(11)12/h9,11-14H,3,5-8H2,1-2,4H3/t11?,12?,13?,14?,15-/m1/s1. The average molecular weight is 204 g/mol. The molecule has 0 amide bonds. The first-order chi connectivity index (χ1) is 7.05.